The molecule has 0 aliphatic heterocycles. The molecule has 4 nitrogen and oxygen atoms in total. The summed E-state index contributed by atoms with van der Waals surface area (Å²) in [6.07, 6.45) is 5.88. The number of rotatable bonds is 8. The molecule has 6 heteroatoms. The number of nitrogens with one attached hydrogen (secondary N) is 1. The average molecular weight is 342 g/mol. The van der Waals surface area contributed by atoms with E-state index in [0.29, 0.717) is 13.2 Å². The number of sulfonamides is 1. The van der Waals surface area contributed by atoms with Crippen molar-refractivity contribution >= 4 is 26.0 Å². The molecule has 1 saturated carbocycles. The van der Waals surface area contributed by atoms with Crippen LogP contribution in [0.3, 0.4) is 0 Å². The van der Waals surface area contributed by atoms with Crippen molar-refractivity contribution in [1.82, 2.24) is 4.72 Å². The highest BCUT2D eigenvalue weighted by Crippen LogP contribution is 2.37. The van der Waals surface area contributed by atoms with Crippen molar-refractivity contribution in [2.75, 3.05) is 30.8 Å². The molecule has 0 atom stereocenters. The number of alkyl halides is 1. The van der Waals surface area contributed by atoms with Gasteiger partial charge in [-0.15, -0.1) is 0 Å². The molecule has 18 heavy (non-hydrogen) atoms. The van der Waals surface area contributed by atoms with E-state index in [9.17, 15) is 8.42 Å². The van der Waals surface area contributed by atoms with Crippen LogP contribution in [0.1, 0.15) is 39.0 Å². The maximum atomic E-state index is 11.8. The van der Waals surface area contributed by atoms with Gasteiger partial charge < -0.3 is 4.74 Å². The first-order valence-electron chi connectivity index (χ1n) is 6.65. The maximum Gasteiger partial charge on any atom is 0.213 e. The summed E-state index contributed by atoms with van der Waals surface area (Å²) in [7, 11) is -3.20. The minimum atomic E-state index is -3.20. The van der Waals surface area contributed by atoms with Gasteiger partial charge >= 0.3 is 0 Å². The molecular weight excluding hydrogens is 318 g/mol. The van der Waals surface area contributed by atoms with Crippen molar-refractivity contribution in [3.8, 4) is 0 Å². The standard InChI is InChI=1S/C12H24BrNO3S/c1-2-17-8-9-18(15,16)14-11-12(10-13)6-4-3-5-7-12/h14H,2-11H2,1H3. The van der Waals surface area contributed by atoms with Gasteiger partial charge in [0, 0.05) is 18.5 Å². The first-order valence-corrected chi connectivity index (χ1v) is 9.42. The normalized spacial score (nSPS) is 19.9. The molecule has 0 unspecified atom stereocenters. The minimum absolute atomic E-state index is 0.0548. The Morgan fingerprint density at radius 1 is 1.28 bits per heavy atom. The van der Waals surface area contributed by atoms with E-state index < -0.39 is 10.0 Å². The van der Waals surface area contributed by atoms with Crippen molar-refractivity contribution in [1.29, 1.82) is 0 Å². The summed E-state index contributed by atoms with van der Waals surface area (Å²) in [6, 6.07) is 0. The van der Waals surface area contributed by atoms with Gasteiger partial charge in [0.25, 0.3) is 0 Å². The quantitative estimate of drug-likeness (QED) is 0.544. The Hall–Kier alpha value is 0.350. The first kappa shape index (κ1) is 16.4. The number of hydrogen-bond donors (Lipinski definition) is 1. The van der Waals surface area contributed by atoms with E-state index in [0.717, 1.165) is 18.2 Å². The van der Waals surface area contributed by atoms with Crippen molar-refractivity contribution in [3.63, 3.8) is 0 Å². The Morgan fingerprint density at radius 3 is 2.50 bits per heavy atom. The maximum absolute atomic E-state index is 11.8. The molecule has 108 valence electrons. The highest BCUT2D eigenvalue weighted by molar-refractivity contribution is 9.09. The third-order valence-corrected chi connectivity index (χ3v) is 6.04. The van der Waals surface area contributed by atoms with Crippen molar-refractivity contribution < 1.29 is 13.2 Å². The van der Waals surface area contributed by atoms with Crippen molar-refractivity contribution in [2.24, 2.45) is 5.41 Å². The fraction of sp³-hybridized carbons (Fsp3) is 1.00. The summed E-state index contributed by atoms with van der Waals surface area (Å²) >= 11 is 3.54. The van der Waals surface area contributed by atoms with Crippen LogP contribution >= 0.6 is 15.9 Å². The smallest absolute Gasteiger partial charge is 0.213 e. The van der Waals surface area contributed by atoms with Gasteiger partial charge in [0.15, 0.2) is 0 Å². The van der Waals surface area contributed by atoms with Gasteiger partial charge in [-0.3, -0.25) is 0 Å². The van der Waals surface area contributed by atoms with Gasteiger partial charge in [-0.2, -0.15) is 0 Å². The van der Waals surface area contributed by atoms with E-state index in [1.54, 1.807) is 0 Å². The molecule has 0 amide bonds. The van der Waals surface area contributed by atoms with Crippen LogP contribution in [0.5, 0.6) is 0 Å². The van der Waals surface area contributed by atoms with Gasteiger partial charge in [-0.25, -0.2) is 13.1 Å². The van der Waals surface area contributed by atoms with Gasteiger partial charge in [0.1, 0.15) is 0 Å². The molecule has 0 spiro atoms. The lowest BCUT2D eigenvalue weighted by atomic mass is 9.76. The second-order valence-electron chi connectivity index (χ2n) is 5.03. The molecule has 1 rings (SSSR count). The molecule has 0 radical (unpaired) electrons. The molecule has 0 aromatic carbocycles. The highest BCUT2D eigenvalue weighted by atomic mass is 79.9. The zero-order valence-corrected chi connectivity index (χ0v) is 13.5. The predicted octanol–water partition coefficient (Wildman–Crippen LogP) is 2.29. The predicted molar refractivity (Wildman–Crippen MR) is 77.6 cm³/mol. The average Bonchev–Trinajstić information content (AvgIpc) is 2.38. The minimum Gasteiger partial charge on any atom is -0.381 e. The SMILES string of the molecule is CCOCCS(=O)(=O)NCC1(CBr)CCCCC1. The number of ether oxygens (including phenoxy) is 1. The van der Waals surface area contributed by atoms with Gasteiger partial charge in [-0.05, 0) is 25.2 Å². The lowest BCUT2D eigenvalue weighted by molar-refractivity contribution is 0.163. The molecule has 1 N–H and O–H groups in total. The van der Waals surface area contributed by atoms with Crippen LogP contribution in [0.25, 0.3) is 0 Å². The van der Waals surface area contributed by atoms with Crippen LogP contribution in [0.4, 0.5) is 0 Å². The summed E-state index contributed by atoms with van der Waals surface area (Å²) in [5, 5.41) is 0.869. The van der Waals surface area contributed by atoms with Gasteiger partial charge in [0.2, 0.25) is 10.0 Å². The molecular formula is C12H24BrNO3S. The lowest BCUT2D eigenvalue weighted by Crippen LogP contribution is -2.41. The number of halogens is 1. The third kappa shape index (κ3) is 5.55. The lowest BCUT2D eigenvalue weighted by Gasteiger charge is -2.35. The van der Waals surface area contributed by atoms with Gasteiger partial charge in [-0.1, -0.05) is 35.2 Å². The molecule has 0 saturated heterocycles. The molecule has 0 heterocycles. The molecule has 0 aromatic rings. The zero-order valence-electron chi connectivity index (χ0n) is 11.1. The molecule has 0 bridgehead atoms. The summed E-state index contributed by atoms with van der Waals surface area (Å²) in [5.74, 6) is 0.0548. The monoisotopic (exact) mass is 341 g/mol. The molecule has 0 aromatic heterocycles. The van der Waals surface area contributed by atoms with E-state index in [1.165, 1.54) is 19.3 Å². The fourth-order valence-electron chi connectivity index (χ4n) is 2.31. The van der Waals surface area contributed by atoms with E-state index in [1.807, 2.05) is 6.92 Å². The summed E-state index contributed by atoms with van der Waals surface area (Å²) < 4.78 is 31.4. The largest absolute Gasteiger partial charge is 0.381 e. The van der Waals surface area contributed by atoms with E-state index in [4.69, 9.17) is 4.74 Å². The number of hydrogen-bond acceptors (Lipinski definition) is 3. The Labute approximate surface area is 119 Å². The molecule has 1 aliphatic rings. The molecule has 1 aliphatic carbocycles. The van der Waals surface area contributed by atoms with Crippen molar-refractivity contribution in [2.45, 2.75) is 39.0 Å². The van der Waals surface area contributed by atoms with Crippen LogP contribution in [0.2, 0.25) is 0 Å². The van der Waals surface area contributed by atoms with Crippen LogP contribution < -0.4 is 4.72 Å². The first-order chi connectivity index (χ1) is 8.54. The summed E-state index contributed by atoms with van der Waals surface area (Å²) in [6.45, 7) is 3.24. The Bertz CT molecular complexity index is 326. The van der Waals surface area contributed by atoms with Gasteiger partial charge in [0.05, 0.1) is 12.4 Å². The van der Waals surface area contributed by atoms with Crippen molar-refractivity contribution in [3.05, 3.63) is 0 Å². The highest BCUT2D eigenvalue weighted by Gasteiger charge is 2.32. The van der Waals surface area contributed by atoms with Crippen LogP contribution in [-0.4, -0.2) is 39.3 Å². The van der Waals surface area contributed by atoms with Crippen LogP contribution in [0.15, 0.2) is 0 Å². The van der Waals surface area contributed by atoms with E-state index in [2.05, 4.69) is 20.7 Å². The zero-order chi connectivity index (χ0) is 13.5. The Kier molecular flexibility index (Phi) is 7.13. The third-order valence-electron chi connectivity index (χ3n) is 3.57. The molecule has 1 fully saturated rings. The summed E-state index contributed by atoms with van der Waals surface area (Å²) in [4.78, 5) is 0. The fourth-order valence-corrected chi connectivity index (χ4v) is 4.07. The van der Waals surface area contributed by atoms with Crippen LogP contribution in [0, 0.1) is 5.41 Å². The second kappa shape index (κ2) is 7.82. The van der Waals surface area contributed by atoms with E-state index in [-0.39, 0.29) is 17.8 Å². The van der Waals surface area contributed by atoms with Crippen LogP contribution in [-0.2, 0) is 14.8 Å². The summed E-state index contributed by atoms with van der Waals surface area (Å²) in [5.41, 5.74) is 0.108. The van der Waals surface area contributed by atoms with E-state index >= 15 is 0 Å². The Balaban J connectivity index is 2.41. The Morgan fingerprint density at radius 2 is 1.94 bits per heavy atom. The topological polar surface area (TPSA) is 55.4 Å². The second-order valence-corrected chi connectivity index (χ2v) is 7.52.